The van der Waals surface area contributed by atoms with Crippen molar-refractivity contribution < 1.29 is 19.1 Å². The monoisotopic (exact) mass is 356 g/mol. The second-order valence-electron chi connectivity index (χ2n) is 6.55. The van der Waals surface area contributed by atoms with E-state index in [1.165, 1.54) is 12.8 Å². The van der Waals surface area contributed by atoms with Gasteiger partial charge in [-0.1, -0.05) is 37.3 Å². The number of aliphatic carboxylic acids is 1. The SMILES string of the molecule is CCc1oc(C(=O)NC(C(=O)O)c2ccccc2)cc1CN1CCCC1. The van der Waals surface area contributed by atoms with E-state index in [0.29, 0.717) is 12.0 Å². The second-order valence-corrected chi connectivity index (χ2v) is 6.55. The molecule has 0 spiro atoms. The van der Waals surface area contributed by atoms with Crippen LogP contribution >= 0.6 is 0 Å². The number of nitrogens with zero attached hydrogens (tertiary/aromatic N) is 1. The highest BCUT2D eigenvalue weighted by Crippen LogP contribution is 2.22. The van der Waals surface area contributed by atoms with Crippen LogP contribution in [0.1, 0.15) is 53.2 Å². The third-order valence-corrected chi connectivity index (χ3v) is 4.69. The van der Waals surface area contributed by atoms with E-state index in [0.717, 1.165) is 31.0 Å². The molecule has 2 N–H and O–H groups in total. The topological polar surface area (TPSA) is 82.8 Å². The Kier molecular flexibility index (Phi) is 5.73. The molecule has 1 atom stereocenters. The lowest BCUT2D eigenvalue weighted by molar-refractivity contribution is -0.139. The number of nitrogens with one attached hydrogen (secondary N) is 1. The summed E-state index contributed by atoms with van der Waals surface area (Å²) in [6.07, 6.45) is 3.09. The van der Waals surface area contributed by atoms with Gasteiger partial charge in [0, 0.05) is 18.5 Å². The van der Waals surface area contributed by atoms with Crippen LogP contribution in [-0.2, 0) is 17.8 Å². The first-order valence-corrected chi connectivity index (χ1v) is 9.01. The van der Waals surface area contributed by atoms with Gasteiger partial charge in [0.25, 0.3) is 5.91 Å². The maximum Gasteiger partial charge on any atom is 0.330 e. The molecular formula is C20H24N2O4. The smallest absolute Gasteiger partial charge is 0.330 e. The van der Waals surface area contributed by atoms with E-state index in [4.69, 9.17) is 4.42 Å². The average Bonchev–Trinajstić information content (AvgIpc) is 3.30. The number of carboxylic acid groups (broad SMARTS) is 1. The van der Waals surface area contributed by atoms with Crippen molar-refractivity contribution in [2.45, 2.75) is 38.8 Å². The number of aryl methyl sites for hydroxylation is 1. The van der Waals surface area contributed by atoms with Gasteiger partial charge in [-0.2, -0.15) is 0 Å². The minimum Gasteiger partial charge on any atom is -0.479 e. The van der Waals surface area contributed by atoms with Gasteiger partial charge < -0.3 is 14.8 Å². The highest BCUT2D eigenvalue weighted by atomic mass is 16.4. The van der Waals surface area contributed by atoms with Crippen LogP contribution in [0, 0.1) is 0 Å². The summed E-state index contributed by atoms with van der Waals surface area (Å²) in [5, 5.41) is 12.0. The van der Waals surface area contributed by atoms with E-state index in [9.17, 15) is 14.7 Å². The van der Waals surface area contributed by atoms with Crippen molar-refractivity contribution in [3.8, 4) is 0 Å². The van der Waals surface area contributed by atoms with E-state index in [1.54, 1.807) is 36.4 Å². The van der Waals surface area contributed by atoms with Gasteiger partial charge in [-0.3, -0.25) is 9.69 Å². The number of hydrogen-bond donors (Lipinski definition) is 2. The van der Waals surface area contributed by atoms with E-state index in [-0.39, 0.29) is 5.76 Å². The molecule has 6 nitrogen and oxygen atoms in total. The highest BCUT2D eigenvalue weighted by molar-refractivity contribution is 5.94. The van der Waals surface area contributed by atoms with Crippen LogP contribution in [0.15, 0.2) is 40.8 Å². The number of furan rings is 1. The molecule has 1 aromatic carbocycles. The molecule has 6 heteroatoms. The third kappa shape index (κ3) is 4.14. The normalized spacial score (nSPS) is 15.7. The highest BCUT2D eigenvalue weighted by Gasteiger charge is 2.25. The van der Waals surface area contributed by atoms with Gasteiger partial charge in [0.1, 0.15) is 5.76 Å². The van der Waals surface area contributed by atoms with E-state index >= 15 is 0 Å². The molecule has 1 aliphatic heterocycles. The molecule has 2 aromatic rings. The molecule has 1 saturated heterocycles. The molecule has 26 heavy (non-hydrogen) atoms. The van der Waals surface area contributed by atoms with Crippen LogP contribution < -0.4 is 5.32 Å². The number of hydrogen-bond acceptors (Lipinski definition) is 4. The van der Waals surface area contributed by atoms with E-state index < -0.39 is 17.9 Å². The molecule has 1 aromatic heterocycles. The summed E-state index contributed by atoms with van der Waals surface area (Å²) in [4.78, 5) is 26.5. The molecule has 1 unspecified atom stereocenters. The summed E-state index contributed by atoms with van der Waals surface area (Å²) in [5.74, 6) is -0.667. The van der Waals surface area contributed by atoms with Crippen molar-refractivity contribution in [1.29, 1.82) is 0 Å². The summed E-state index contributed by atoms with van der Waals surface area (Å²) in [5.41, 5.74) is 1.53. The molecule has 1 amide bonds. The molecule has 3 rings (SSSR count). The Bertz CT molecular complexity index is 763. The quantitative estimate of drug-likeness (QED) is 0.797. The predicted octanol–water partition coefficient (Wildman–Crippen LogP) is 2.99. The Morgan fingerprint density at radius 1 is 1.23 bits per heavy atom. The lowest BCUT2D eigenvalue weighted by Gasteiger charge is -2.14. The molecule has 1 aliphatic rings. The number of rotatable bonds is 7. The van der Waals surface area contributed by atoms with Crippen molar-refractivity contribution in [1.82, 2.24) is 10.2 Å². The summed E-state index contributed by atoms with van der Waals surface area (Å²) < 4.78 is 5.72. The molecule has 2 heterocycles. The maximum absolute atomic E-state index is 12.6. The molecule has 1 fully saturated rings. The fourth-order valence-corrected chi connectivity index (χ4v) is 3.33. The fraction of sp³-hybridized carbons (Fsp3) is 0.400. The lowest BCUT2D eigenvalue weighted by atomic mass is 10.1. The zero-order valence-electron chi connectivity index (χ0n) is 14.9. The van der Waals surface area contributed by atoms with Crippen LogP contribution in [-0.4, -0.2) is 35.0 Å². The van der Waals surface area contributed by atoms with Gasteiger partial charge in [0.2, 0.25) is 0 Å². The van der Waals surface area contributed by atoms with Crippen molar-refractivity contribution in [3.05, 3.63) is 59.0 Å². The minimum absolute atomic E-state index is 0.165. The standard InChI is InChI=1S/C20H24N2O4/c1-2-16-15(13-22-10-6-7-11-22)12-17(26-16)19(23)21-18(20(24)25)14-8-4-3-5-9-14/h3-5,8-9,12,18H,2,6-7,10-11,13H2,1H3,(H,21,23)(H,24,25). The zero-order valence-corrected chi connectivity index (χ0v) is 14.9. The minimum atomic E-state index is -1.11. The van der Waals surface area contributed by atoms with Gasteiger partial charge in [0.05, 0.1) is 0 Å². The van der Waals surface area contributed by atoms with Crippen molar-refractivity contribution in [2.24, 2.45) is 0 Å². The number of carbonyl (C=O) groups excluding carboxylic acids is 1. The molecule has 138 valence electrons. The largest absolute Gasteiger partial charge is 0.479 e. The first kappa shape index (κ1) is 18.2. The number of carboxylic acids is 1. The molecular weight excluding hydrogens is 332 g/mol. The lowest BCUT2D eigenvalue weighted by Crippen LogP contribution is -2.33. The van der Waals surface area contributed by atoms with Gasteiger partial charge in [0.15, 0.2) is 11.8 Å². The van der Waals surface area contributed by atoms with Crippen LogP contribution in [0.3, 0.4) is 0 Å². The zero-order chi connectivity index (χ0) is 18.5. The van der Waals surface area contributed by atoms with E-state index in [1.807, 2.05) is 6.92 Å². The van der Waals surface area contributed by atoms with Crippen molar-refractivity contribution >= 4 is 11.9 Å². The molecule has 0 bridgehead atoms. The summed E-state index contributed by atoms with van der Waals surface area (Å²) >= 11 is 0. The number of benzene rings is 1. The van der Waals surface area contributed by atoms with Crippen LogP contribution in [0.25, 0.3) is 0 Å². The Balaban J connectivity index is 1.76. The first-order valence-electron chi connectivity index (χ1n) is 9.01. The van der Waals surface area contributed by atoms with Gasteiger partial charge in [-0.25, -0.2) is 4.79 Å². The Labute approximate surface area is 152 Å². The maximum atomic E-state index is 12.6. The van der Waals surface area contributed by atoms with Crippen LogP contribution in [0.2, 0.25) is 0 Å². The van der Waals surface area contributed by atoms with Gasteiger partial charge in [-0.05, 0) is 37.6 Å². The second kappa shape index (κ2) is 8.19. The summed E-state index contributed by atoms with van der Waals surface area (Å²) in [6.45, 7) is 4.87. The Morgan fingerprint density at radius 2 is 1.92 bits per heavy atom. The third-order valence-electron chi connectivity index (χ3n) is 4.69. The van der Waals surface area contributed by atoms with Crippen LogP contribution in [0.4, 0.5) is 0 Å². The van der Waals surface area contributed by atoms with E-state index in [2.05, 4.69) is 10.2 Å². The van der Waals surface area contributed by atoms with Gasteiger partial charge in [-0.15, -0.1) is 0 Å². The number of amides is 1. The molecule has 0 saturated carbocycles. The Hall–Kier alpha value is -2.60. The summed E-state index contributed by atoms with van der Waals surface area (Å²) in [6, 6.07) is 9.28. The Morgan fingerprint density at radius 3 is 2.54 bits per heavy atom. The molecule has 0 aliphatic carbocycles. The number of likely N-dealkylation sites (tertiary alicyclic amines) is 1. The first-order chi connectivity index (χ1) is 12.6. The molecule has 0 radical (unpaired) electrons. The number of carbonyl (C=O) groups is 2. The fourth-order valence-electron chi connectivity index (χ4n) is 3.33. The summed E-state index contributed by atoms with van der Waals surface area (Å²) in [7, 11) is 0. The predicted molar refractivity (Wildman–Crippen MR) is 96.9 cm³/mol. The van der Waals surface area contributed by atoms with Crippen LogP contribution in [0.5, 0.6) is 0 Å². The van der Waals surface area contributed by atoms with Gasteiger partial charge >= 0.3 is 5.97 Å². The van der Waals surface area contributed by atoms with Crippen molar-refractivity contribution in [2.75, 3.05) is 13.1 Å². The average molecular weight is 356 g/mol. The van der Waals surface area contributed by atoms with Crippen molar-refractivity contribution in [3.63, 3.8) is 0 Å².